The Labute approximate surface area is 284 Å². The van der Waals surface area contributed by atoms with Gasteiger partial charge in [-0.2, -0.15) is 10.2 Å². The molecular weight excluding hydrogens is 632 g/mol. The maximum Gasteiger partial charge on any atom is 0.354 e. The maximum atomic E-state index is 13.3. The molecule has 47 heavy (non-hydrogen) atoms. The molecular formula is C36H41ClN6O3S. The Hall–Kier alpha value is -3.73. The second-order valence-electron chi connectivity index (χ2n) is 12.8. The Bertz CT molecular complexity index is 2030. The third kappa shape index (κ3) is 5.74. The molecule has 0 saturated heterocycles. The molecule has 2 aliphatic rings. The van der Waals surface area contributed by atoms with Gasteiger partial charge in [-0.3, -0.25) is 14.3 Å². The molecule has 8 bridgehead atoms. The van der Waals surface area contributed by atoms with E-state index in [0.717, 1.165) is 75.4 Å². The van der Waals surface area contributed by atoms with Crippen molar-refractivity contribution in [2.75, 3.05) is 20.8 Å². The minimum atomic E-state index is -0.367. The lowest BCUT2D eigenvalue weighted by molar-refractivity contribution is 0.0589. The van der Waals surface area contributed by atoms with E-state index in [1.165, 1.54) is 35.2 Å². The second kappa shape index (κ2) is 12.7. The van der Waals surface area contributed by atoms with Crippen molar-refractivity contribution in [1.82, 2.24) is 29.0 Å². The lowest BCUT2D eigenvalue weighted by atomic mass is 9.98. The number of esters is 1. The topological polar surface area (TPSA) is 79.3 Å². The van der Waals surface area contributed by atoms with Crippen LogP contribution in [0, 0.1) is 6.92 Å². The summed E-state index contributed by atoms with van der Waals surface area (Å²) in [6, 6.07) is 10.6. The van der Waals surface area contributed by atoms with Gasteiger partial charge in [-0.15, -0.1) is 11.8 Å². The van der Waals surface area contributed by atoms with Crippen LogP contribution >= 0.6 is 23.4 Å². The van der Waals surface area contributed by atoms with Gasteiger partial charge >= 0.3 is 5.97 Å². The standard InChI is InChI=1S/C36H41ClN6O3S/c1-21-32-30(39-42(21)4)19-40(2)18-23-16-24(43(5)38-23)20-47-31-17-25(15-22-9-7-10-26(22)31)46-14-8-11-27-28-12-13-29(37)33(32)34(28)41(3)35(27)36(44)45-6/h12-13,15-17H,7-11,14,18-20H2,1-6H3. The first-order valence-electron chi connectivity index (χ1n) is 16.2. The zero-order chi connectivity index (χ0) is 33.0. The van der Waals surface area contributed by atoms with Gasteiger partial charge in [0.2, 0.25) is 0 Å². The van der Waals surface area contributed by atoms with Crippen LogP contribution in [0.1, 0.15) is 62.8 Å². The predicted molar refractivity (Wildman–Crippen MR) is 186 cm³/mol. The van der Waals surface area contributed by atoms with Crippen molar-refractivity contribution in [3.8, 4) is 16.9 Å². The van der Waals surface area contributed by atoms with Crippen LogP contribution in [0.3, 0.4) is 0 Å². The van der Waals surface area contributed by atoms with Gasteiger partial charge in [0.25, 0.3) is 0 Å². The van der Waals surface area contributed by atoms with E-state index in [0.29, 0.717) is 36.8 Å². The van der Waals surface area contributed by atoms with Gasteiger partial charge in [0.15, 0.2) is 0 Å². The van der Waals surface area contributed by atoms with Gasteiger partial charge in [-0.05, 0) is 87.0 Å². The highest BCUT2D eigenvalue weighted by atomic mass is 35.5. The zero-order valence-corrected chi connectivity index (χ0v) is 29.5. The van der Waals surface area contributed by atoms with E-state index in [1.807, 2.05) is 59.0 Å². The summed E-state index contributed by atoms with van der Waals surface area (Å²) in [6.45, 7) is 3.87. The van der Waals surface area contributed by atoms with Crippen molar-refractivity contribution in [2.45, 2.75) is 62.8 Å². The van der Waals surface area contributed by atoms with E-state index < -0.39 is 0 Å². The molecule has 0 unspecified atom stereocenters. The van der Waals surface area contributed by atoms with Crippen molar-refractivity contribution in [1.29, 1.82) is 0 Å². The molecule has 5 aromatic rings. The van der Waals surface area contributed by atoms with E-state index in [1.54, 1.807) is 0 Å². The molecule has 3 aromatic heterocycles. The third-order valence-corrected chi connectivity index (χ3v) is 11.1. The summed E-state index contributed by atoms with van der Waals surface area (Å²) in [4.78, 5) is 16.9. The molecule has 4 heterocycles. The number of ether oxygens (including phenoxy) is 2. The largest absolute Gasteiger partial charge is 0.494 e. The minimum Gasteiger partial charge on any atom is -0.494 e. The zero-order valence-electron chi connectivity index (χ0n) is 27.9. The number of thioether (sulfide) groups is 1. The van der Waals surface area contributed by atoms with Gasteiger partial charge in [0.1, 0.15) is 11.4 Å². The number of nitrogens with zero attached hydrogens (tertiary/aromatic N) is 6. The highest BCUT2D eigenvalue weighted by Gasteiger charge is 2.28. The SMILES string of the molecule is COC(=O)c1c2c3ccc(Cl)c(c3n1C)-c1c(nn(C)c1C)CN(C)Cc1cc(n(C)n1)CSc1cc(cc3c1CCC3)OCCC2. The van der Waals surface area contributed by atoms with E-state index in [4.69, 9.17) is 31.3 Å². The third-order valence-electron chi connectivity index (χ3n) is 9.69. The number of rotatable bonds is 1. The van der Waals surface area contributed by atoms with Crippen LogP contribution in [-0.2, 0) is 64.0 Å². The number of carbonyl (C=O) groups is 1. The lowest BCUT2D eigenvalue weighted by Crippen LogP contribution is -2.18. The number of hydrogen-bond acceptors (Lipinski definition) is 7. The van der Waals surface area contributed by atoms with Crippen LogP contribution in [0.2, 0.25) is 5.02 Å². The van der Waals surface area contributed by atoms with Crippen LogP contribution in [0.25, 0.3) is 22.0 Å². The quantitative estimate of drug-likeness (QED) is 0.181. The number of methoxy groups -OCH3 is 1. The number of fused-ring (bicyclic) bond motifs is 8. The van der Waals surface area contributed by atoms with Crippen LogP contribution in [0.5, 0.6) is 5.75 Å². The van der Waals surface area contributed by atoms with E-state index in [-0.39, 0.29) is 5.97 Å². The molecule has 11 heteroatoms. The number of hydrogen-bond donors (Lipinski definition) is 0. The average Bonchev–Trinajstić information content (AvgIpc) is 3.78. The highest BCUT2D eigenvalue weighted by molar-refractivity contribution is 7.98. The number of halogens is 1. The molecule has 0 amide bonds. The monoisotopic (exact) mass is 672 g/mol. The Morgan fingerprint density at radius 3 is 2.57 bits per heavy atom. The first-order chi connectivity index (χ1) is 22.6. The predicted octanol–water partition coefficient (Wildman–Crippen LogP) is 6.80. The van der Waals surface area contributed by atoms with E-state index >= 15 is 0 Å². The van der Waals surface area contributed by atoms with Crippen LogP contribution < -0.4 is 4.74 Å². The van der Waals surface area contributed by atoms with Crippen LogP contribution in [0.4, 0.5) is 0 Å². The van der Waals surface area contributed by atoms with E-state index in [2.05, 4.69) is 37.1 Å². The number of aryl methyl sites for hydroxylation is 5. The van der Waals surface area contributed by atoms with Gasteiger partial charge in [-0.1, -0.05) is 17.7 Å². The van der Waals surface area contributed by atoms with Crippen molar-refractivity contribution in [3.63, 3.8) is 0 Å². The summed E-state index contributed by atoms with van der Waals surface area (Å²) in [6.07, 6.45) is 4.76. The summed E-state index contributed by atoms with van der Waals surface area (Å²) in [5, 5.41) is 11.4. The Morgan fingerprint density at radius 1 is 0.957 bits per heavy atom. The van der Waals surface area contributed by atoms with Crippen molar-refractivity contribution >= 4 is 40.2 Å². The number of carbonyl (C=O) groups excluding carboxylic acids is 1. The Balaban J connectivity index is 1.37. The fourth-order valence-electron chi connectivity index (χ4n) is 7.37. The summed E-state index contributed by atoms with van der Waals surface area (Å²) >= 11 is 8.93. The molecule has 0 fully saturated rings. The first-order valence-corrected chi connectivity index (χ1v) is 17.5. The molecule has 7 rings (SSSR count). The second-order valence-corrected chi connectivity index (χ2v) is 14.2. The van der Waals surface area contributed by atoms with Crippen LogP contribution in [0.15, 0.2) is 35.2 Å². The molecule has 0 N–H and O–H groups in total. The fraction of sp³-hybridized carbons (Fsp3) is 0.417. The van der Waals surface area contributed by atoms with Crippen molar-refractivity contribution in [3.05, 3.63) is 80.5 Å². The van der Waals surface area contributed by atoms with Gasteiger partial charge in [0, 0.05) is 72.8 Å². The fourth-order valence-corrected chi connectivity index (χ4v) is 8.80. The van der Waals surface area contributed by atoms with Gasteiger partial charge in [0.05, 0.1) is 35.6 Å². The molecule has 1 aliphatic carbocycles. The molecule has 2 aromatic carbocycles. The summed E-state index contributed by atoms with van der Waals surface area (Å²) in [5.41, 5.74) is 11.2. The first kappa shape index (κ1) is 31.8. The summed E-state index contributed by atoms with van der Waals surface area (Å²) < 4.78 is 17.6. The molecule has 0 radical (unpaired) electrons. The molecule has 1 aliphatic heterocycles. The smallest absolute Gasteiger partial charge is 0.354 e. The molecule has 0 atom stereocenters. The average molecular weight is 673 g/mol. The molecule has 9 nitrogen and oxygen atoms in total. The minimum absolute atomic E-state index is 0.367. The molecule has 0 spiro atoms. The molecule has 0 saturated carbocycles. The molecule has 246 valence electrons. The Morgan fingerprint density at radius 2 is 1.77 bits per heavy atom. The van der Waals surface area contributed by atoms with Crippen molar-refractivity contribution in [2.24, 2.45) is 21.1 Å². The summed E-state index contributed by atoms with van der Waals surface area (Å²) in [5.74, 6) is 1.38. The normalized spacial score (nSPS) is 15.7. The van der Waals surface area contributed by atoms with E-state index in [9.17, 15) is 4.79 Å². The highest BCUT2D eigenvalue weighted by Crippen LogP contribution is 2.42. The van der Waals surface area contributed by atoms with Crippen LogP contribution in [-0.4, -0.2) is 55.8 Å². The van der Waals surface area contributed by atoms with Gasteiger partial charge in [-0.25, -0.2) is 4.79 Å². The number of benzene rings is 2. The maximum absolute atomic E-state index is 13.3. The van der Waals surface area contributed by atoms with Gasteiger partial charge < -0.3 is 14.0 Å². The lowest BCUT2D eigenvalue weighted by Gasteiger charge is -2.16. The number of aromatic nitrogens is 5. The Kier molecular flexibility index (Phi) is 8.61. The summed E-state index contributed by atoms with van der Waals surface area (Å²) in [7, 11) is 9.45. The van der Waals surface area contributed by atoms with Crippen molar-refractivity contribution < 1.29 is 14.3 Å².